The lowest BCUT2D eigenvalue weighted by Gasteiger charge is -2.29. The van der Waals surface area contributed by atoms with Gasteiger partial charge in [-0.25, -0.2) is 9.07 Å². The molecule has 0 radical (unpaired) electrons. The van der Waals surface area contributed by atoms with Crippen LogP contribution in [0.3, 0.4) is 0 Å². The number of aromatic nitrogens is 2. The third-order valence-electron chi connectivity index (χ3n) is 5.90. The molecule has 3 aromatic rings. The van der Waals surface area contributed by atoms with Crippen LogP contribution in [0.4, 0.5) is 10.1 Å². The largest absolute Gasteiger partial charge is 0.397 e. The first kappa shape index (κ1) is 21.7. The minimum Gasteiger partial charge on any atom is -0.397 e. The molecule has 0 saturated heterocycles. The summed E-state index contributed by atoms with van der Waals surface area (Å²) in [5.41, 5.74) is 10.8. The number of fused-ring (bicyclic) bond motifs is 1. The average molecular weight is 435 g/mol. The second kappa shape index (κ2) is 7.89. The topological polar surface area (TPSA) is 81.2 Å². The van der Waals surface area contributed by atoms with Crippen LogP contribution in [0.2, 0.25) is 0 Å². The molecule has 0 bridgehead atoms. The second-order valence-corrected chi connectivity index (χ2v) is 9.32. The second-order valence-electron chi connectivity index (χ2n) is 9.32. The number of aryl methyl sites for hydroxylation is 1. The fraction of sp³-hybridized carbons (Fsp3) is 0.320. The van der Waals surface area contributed by atoms with Crippen LogP contribution >= 0.6 is 0 Å². The fourth-order valence-electron chi connectivity index (χ4n) is 4.38. The minimum atomic E-state index is -0.313. The zero-order valence-electron chi connectivity index (χ0n) is 18.8. The number of carbonyl (C=O) groups excluding carboxylic acids is 2. The molecular weight excluding hydrogens is 407 g/mol. The summed E-state index contributed by atoms with van der Waals surface area (Å²) in [6.07, 6.45) is 1.21. The van der Waals surface area contributed by atoms with Crippen LogP contribution in [0.25, 0.3) is 5.69 Å². The maximum Gasteiger partial charge on any atom is 0.253 e. The summed E-state index contributed by atoms with van der Waals surface area (Å²) >= 11 is 0. The molecule has 1 aliphatic rings. The van der Waals surface area contributed by atoms with Crippen molar-refractivity contribution in [1.29, 1.82) is 0 Å². The van der Waals surface area contributed by atoms with Crippen LogP contribution < -0.4 is 5.73 Å². The number of hydrogen-bond donors (Lipinski definition) is 1. The maximum atomic E-state index is 13.1. The number of anilines is 1. The van der Waals surface area contributed by atoms with Gasteiger partial charge in [0.15, 0.2) is 5.78 Å². The Kier molecular flexibility index (Phi) is 5.36. The molecule has 0 spiro atoms. The highest BCUT2D eigenvalue weighted by Gasteiger charge is 2.36. The SMILES string of the molecule is Cc1nn(-c2ccc(C(=O)N(C)Cc3ccc(F)cc3)cc2N)c2c1C(=O)CC(C)(C)C2. The number of halogens is 1. The standard InChI is InChI=1S/C25H27FN4O2/c1-15-23-21(12-25(2,3)13-22(23)31)30(28-15)20-10-7-17(11-19(20)27)24(32)29(4)14-16-5-8-18(26)9-6-16/h5-11H,12-14,27H2,1-4H3. The highest BCUT2D eigenvalue weighted by atomic mass is 19.1. The Balaban J connectivity index is 1.62. The van der Waals surface area contributed by atoms with E-state index in [4.69, 9.17) is 5.73 Å². The van der Waals surface area contributed by atoms with Gasteiger partial charge in [-0.05, 0) is 54.7 Å². The lowest BCUT2D eigenvalue weighted by atomic mass is 9.75. The number of ketones is 1. The van der Waals surface area contributed by atoms with Crippen LogP contribution in [-0.4, -0.2) is 33.4 Å². The molecule has 0 fully saturated rings. The van der Waals surface area contributed by atoms with Gasteiger partial charge >= 0.3 is 0 Å². The summed E-state index contributed by atoms with van der Waals surface area (Å²) in [4.78, 5) is 27.2. The summed E-state index contributed by atoms with van der Waals surface area (Å²) < 4.78 is 14.9. The molecule has 1 heterocycles. The van der Waals surface area contributed by atoms with Crippen molar-refractivity contribution in [3.05, 3.63) is 76.4 Å². The van der Waals surface area contributed by atoms with E-state index in [1.54, 1.807) is 47.0 Å². The van der Waals surface area contributed by atoms with Gasteiger partial charge in [0, 0.05) is 25.6 Å². The number of hydrogen-bond acceptors (Lipinski definition) is 4. The van der Waals surface area contributed by atoms with E-state index >= 15 is 0 Å². The third kappa shape index (κ3) is 4.02. The maximum absolute atomic E-state index is 13.1. The molecule has 2 N–H and O–H groups in total. The molecule has 0 saturated carbocycles. The van der Waals surface area contributed by atoms with Gasteiger partial charge in [-0.3, -0.25) is 9.59 Å². The number of rotatable bonds is 4. The van der Waals surface area contributed by atoms with Crippen LogP contribution in [0.5, 0.6) is 0 Å². The highest BCUT2D eigenvalue weighted by Crippen LogP contribution is 2.37. The average Bonchev–Trinajstić information content (AvgIpc) is 3.03. The molecule has 166 valence electrons. The lowest BCUT2D eigenvalue weighted by Crippen LogP contribution is -2.28. The number of benzene rings is 2. The van der Waals surface area contributed by atoms with Gasteiger partial charge in [0.05, 0.1) is 28.3 Å². The molecule has 4 rings (SSSR count). The minimum absolute atomic E-state index is 0.104. The number of carbonyl (C=O) groups is 2. The Hall–Kier alpha value is -3.48. The van der Waals surface area contributed by atoms with Crippen molar-refractivity contribution in [2.24, 2.45) is 5.41 Å². The van der Waals surface area contributed by atoms with Crippen LogP contribution in [0.1, 0.15) is 57.9 Å². The van der Waals surface area contributed by atoms with E-state index in [-0.39, 0.29) is 22.9 Å². The Morgan fingerprint density at radius 3 is 2.53 bits per heavy atom. The first-order valence-corrected chi connectivity index (χ1v) is 10.6. The zero-order chi connectivity index (χ0) is 23.2. The van der Waals surface area contributed by atoms with Gasteiger partial charge in [-0.15, -0.1) is 0 Å². The van der Waals surface area contributed by atoms with E-state index in [1.165, 1.54) is 12.1 Å². The zero-order valence-corrected chi connectivity index (χ0v) is 18.8. The van der Waals surface area contributed by atoms with Crippen molar-refractivity contribution in [1.82, 2.24) is 14.7 Å². The molecule has 1 aliphatic carbocycles. The summed E-state index contributed by atoms with van der Waals surface area (Å²) in [5, 5.41) is 4.60. The van der Waals surface area contributed by atoms with Gasteiger partial charge in [-0.2, -0.15) is 5.10 Å². The Labute approximate surface area is 186 Å². The first-order valence-electron chi connectivity index (χ1n) is 10.6. The normalized spacial score (nSPS) is 14.8. The van der Waals surface area contributed by atoms with Crippen molar-refractivity contribution >= 4 is 17.4 Å². The number of nitrogens with zero attached hydrogens (tertiary/aromatic N) is 3. The van der Waals surface area contributed by atoms with Crippen molar-refractivity contribution in [2.75, 3.05) is 12.8 Å². The summed E-state index contributed by atoms with van der Waals surface area (Å²) in [5.74, 6) is -0.400. The number of Topliss-reactive ketones (excluding diaryl/α,β-unsaturated/α-hetero) is 1. The summed E-state index contributed by atoms with van der Waals surface area (Å²) in [6.45, 7) is 6.33. The Morgan fingerprint density at radius 2 is 1.88 bits per heavy atom. The third-order valence-corrected chi connectivity index (χ3v) is 5.90. The van der Waals surface area contributed by atoms with E-state index in [9.17, 15) is 14.0 Å². The van der Waals surface area contributed by atoms with E-state index in [0.29, 0.717) is 41.2 Å². The predicted octanol–water partition coefficient (Wildman–Crippen LogP) is 4.33. The van der Waals surface area contributed by atoms with Gasteiger partial charge in [0.1, 0.15) is 5.82 Å². The molecule has 7 heteroatoms. The molecule has 1 amide bonds. The van der Waals surface area contributed by atoms with Crippen LogP contribution in [0, 0.1) is 18.2 Å². The van der Waals surface area contributed by atoms with E-state index in [0.717, 1.165) is 17.7 Å². The van der Waals surface area contributed by atoms with E-state index in [1.807, 2.05) is 6.92 Å². The molecule has 1 aromatic heterocycles. The molecule has 0 unspecified atom stereocenters. The summed E-state index contributed by atoms with van der Waals surface area (Å²) in [6, 6.07) is 11.2. The summed E-state index contributed by atoms with van der Waals surface area (Å²) in [7, 11) is 1.69. The van der Waals surface area contributed by atoms with Crippen molar-refractivity contribution < 1.29 is 14.0 Å². The van der Waals surface area contributed by atoms with Gasteiger partial charge in [-0.1, -0.05) is 26.0 Å². The molecule has 6 nitrogen and oxygen atoms in total. The Morgan fingerprint density at radius 1 is 1.19 bits per heavy atom. The molecule has 0 aliphatic heterocycles. The first-order chi connectivity index (χ1) is 15.1. The number of nitrogens with two attached hydrogens (primary N) is 1. The molecule has 2 aromatic carbocycles. The molecule has 0 atom stereocenters. The van der Waals surface area contributed by atoms with Gasteiger partial charge in [0.2, 0.25) is 0 Å². The quantitative estimate of drug-likeness (QED) is 0.620. The van der Waals surface area contributed by atoms with Crippen molar-refractivity contribution in [3.8, 4) is 5.69 Å². The van der Waals surface area contributed by atoms with Crippen LogP contribution in [0.15, 0.2) is 42.5 Å². The van der Waals surface area contributed by atoms with E-state index in [2.05, 4.69) is 18.9 Å². The smallest absolute Gasteiger partial charge is 0.253 e. The fourth-order valence-corrected chi connectivity index (χ4v) is 4.38. The number of amides is 1. The van der Waals surface area contributed by atoms with Crippen molar-refractivity contribution in [3.63, 3.8) is 0 Å². The molecular formula is C25H27FN4O2. The van der Waals surface area contributed by atoms with Gasteiger partial charge < -0.3 is 10.6 Å². The highest BCUT2D eigenvalue weighted by molar-refractivity contribution is 6.00. The number of nitrogen functional groups attached to an aromatic ring is 1. The van der Waals surface area contributed by atoms with Gasteiger partial charge in [0.25, 0.3) is 5.91 Å². The molecule has 32 heavy (non-hydrogen) atoms. The Bertz CT molecular complexity index is 1210. The van der Waals surface area contributed by atoms with Crippen LogP contribution in [-0.2, 0) is 13.0 Å². The predicted molar refractivity (Wildman–Crippen MR) is 121 cm³/mol. The van der Waals surface area contributed by atoms with Crippen molar-refractivity contribution in [2.45, 2.75) is 40.2 Å². The lowest BCUT2D eigenvalue weighted by molar-refractivity contribution is 0.0784. The monoisotopic (exact) mass is 434 g/mol. The van der Waals surface area contributed by atoms with E-state index < -0.39 is 0 Å².